The van der Waals surface area contributed by atoms with Gasteiger partial charge in [0.25, 0.3) is 0 Å². The van der Waals surface area contributed by atoms with Crippen LogP contribution in [0, 0.1) is 13.8 Å². The molecule has 2 N–H and O–H groups in total. The lowest BCUT2D eigenvalue weighted by Gasteiger charge is -2.22. The summed E-state index contributed by atoms with van der Waals surface area (Å²) in [5, 5.41) is 0. The molecule has 1 fully saturated rings. The van der Waals surface area contributed by atoms with Crippen molar-refractivity contribution in [3.63, 3.8) is 0 Å². The molecule has 0 aromatic carbocycles. The van der Waals surface area contributed by atoms with Gasteiger partial charge in [0, 0.05) is 6.54 Å². The van der Waals surface area contributed by atoms with Crippen molar-refractivity contribution in [1.29, 1.82) is 0 Å². The molecular weight excluding hydrogens is 248 g/mol. The van der Waals surface area contributed by atoms with Crippen LogP contribution in [0.2, 0.25) is 0 Å². The number of hydrogen-bond acceptors (Lipinski definition) is 4. The molecule has 0 saturated carbocycles. The molecule has 2 amide bonds. The van der Waals surface area contributed by atoms with Gasteiger partial charge in [-0.25, -0.2) is 9.59 Å². The first kappa shape index (κ1) is 13.5. The zero-order valence-electron chi connectivity index (χ0n) is 11.1. The van der Waals surface area contributed by atoms with E-state index in [0.29, 0.717) is 23.6 Å². The second kappa shape index (κ2) is 5.34. The summed E-state index contributed by atoms with van der Waals surface area (Å²) < 4.78 is 10.5. The number of nitrogens with two attached hydrogens (primary N) is 1. The Morgan fingerprint density at radius 3 is 2.84 bits per heavy atom. The van der Waals surface area contributed by atoms with E-state index in [-0.39, 0.29) is 12.6 Å². The van der Waals surface area contributed by atoms with Gasteiger partial charge in [0.2, 0.25) is 0 Å². The monoisotopic (exact) mass is 266 g/mol. The zero-order chi connectivity index (χ0) is 14.0. The van der Waals surface area contributed by atoms with Crippen LogP contribution in [0.25, 0.3) is 0 Å². The van der Waals surface area contributed by atoms with Crippen molar-refractivity contribution >= 4 is 12.0 Å². The maximum Gasteiger partial charge on any atom is 0.341 e. The van der Waals surface area contributed by atoms with E-state index in [0.717, 1.165) is 12.8 Å². The van der Waals surface area contributed by atoms with Crippen LogP contribution in [0.5, 0.6) is 0 Å². The smallest absolute Gasteiger partial charge is 0.341 e. The molecule has 1 aromatic rings. The van der Waals surface area contributed by atoms with E-state index >= 15 is 0 Å². The second-order valence-electron chi connectivity index (χ2n) is 4.75. The summed E-state index contributed by atoms with van der Waals surface area (Å²) in [6, 6.07) is 1.07. The molecule has 104 valence electrons. The van der Waals surface area contributed by atoms with E-state index in [4.69, 9.17) is 14.9 Å². The van der Waals surface area contributed by atoms with Gasteiger partial charge < -0.3 is 19.8 Å². The highest BCUT2D eigenvalue weighted by atomic mass is 16.5. The van der Waals surface area contributed by atoms with Gasteiger partial charge in [-0.15, -0.1) is 0 Å². The molecule has 19 heavy (non-hydrogen) atoms. The molecule has 2 heterocycles. The number of nitrogens with zero attached hydrogens (tertiary/aromatic N) is 1. The fourth-order valence-corrected chi connectivity index (χ4v) is 2.38. The van der Waals surface area contributed by atoms with Crippen molar-refractivity contribution in [2.45, 2.75) is 32.7 Å². The number of aryl methyl sites for hydroxylation is 2. The zero-order valence-corrected chi connectivity index (χ0v) is 11.1. The van der Waals surface area contributed by atoms with Crippen LogP contribution in [0.15, 0.2) is 10.5 Å². The minimum atomic E-state index is -0.464. The van der Waals surface area contributed by atoms with Gasteiger partial charge >= 0.3 is 12.0 Å². The number of hydrogen-bond donors (Lipinski definition) is 1. The van der Waals surface area contributed by atoms with Gasteiger partial charge in [-0.1, -0.05) is 0 Å². The van der Waals surface area contributed by atoms with Crippen molar-refractivity contribution in [2.24, 2.45) is 5.73 Å². The summed E-state index contributed by atoms with van der Waals surface area (Å²) in [6.45, 7) is 4.29. The van der Waals surface area contributed by atoms with Gasteiger partial charge in [0.15, 0.2) is 0 Å². The van der Waals surface area contributed by atoms with Crippen molar-refractivity contribution in [1.82, 2.24) is 4.90 Å². The summed E-state index contributed by atoms with van der Waals surface area (Å²) in [6.07, 6.45) is 1.69. The minimum Gasteiger partial charge on any atom is -0.466 e. The molecular formula is C13H18N2O4. The SMILES string of the molecule is Cc1cc(C(=O)OC[C@H]2CCCN2C(N)=O)c(C)o1. The third-order valence-corrected chi connectivity index (χ3v) is 3.33. The number of likely N-dealkylation sites (tertiary alicyclic amines) is 1. The Hall–Kier alpha value is -1.98. The summed E-state index contributed by atoms with van der Waals surface area (Å²) >= 11 is 0. The number of urea groups is 1. The van der Waals surface area contributed by atoms with Crippen LogP contribution in [0.1, 0.15) is 34.7 Å². The Balaban J connectivity index is 1.94. The number of carbonyl (C=O) groups is 2. The number of furan rings is 1. The van der Waals surface area contributed by atoms with E-state index in [2.05, 4.69) is 0 Å². The Morgan fingerprint density at radius 1 is 1.53 bits per heavy atom. The van der Waals surface area contributed by atoms with E-state index in [9.17, 15) is 9.59 Å². The van der Waals surface area contributed by atoms with Crippen LogP contribution in [0.4, 0.5) is 4.79 Å². The summed E-state index contributed by atoms with van der Waals surface area (Å²) in [5.74, 6) is 0.787. The molecule has 1 aliphatic rings. The van der Waals surface area contributed by atoms with Crippen LogP contribution >= 0.6 is 0 Å². The topological polar surface area (TPSA) is 85.8 Å². The molecule has 6 nitrogen and oxygen atoms in total. The normalized spacial score (nSPS) is 18.6. The van der Waals surface area contributed by atoms with Crippen molar-refractivity contribution in [3.8, 4) is 0 Å². The fraction of sp³-hybridized carbons (Fsp3) is 0.538. The highest BCUT2D eigenvalue weighted by Crippen LogP contribution is 2.19. The lowest BCUT2D eigenvalue weighted by atomic mass is 10.2. The van der Waals surface area contributed by atoms with E-state index in [1.807, 2.05) is 0 Å². The van der Waals surface area contributed by atoms with Crippen molar-refractivity contribution < 1.29 is 18.7 Å². The molecule has 0 unspecified atom stereocenters. The molecule has 0 radical (unpaired) electrons. The van der Waals surface area contributed by atoms with Gasteiger partial charge in [0.1, 0.15) is 23.7 Å². The summed E-state index contributed by atoms with van der Waals surface area (Å²) in [4.78, 5) is 24.6. The summed E-state index contributed by atoms with van der Waals surface area (Å²) in [5.41, 5.74) is 5.70. The molecule has 0 aliphatic carbocycles. The first-order valence-electron chi connectivity index (χ1n) is 6.29. The lowest BCUT2D eigenvalue weighted by molar-refractivity contribution is 0.0420. The Kier molecular flexibility index (Phi) is 3.78. The maximum absolute atomic E-state index is 11.9. The Labute approximate surface area is 111 Å². The predicted octanol–water partition coefficient (Wildman–Crippen LogP) is 1.60. The number of ether oxygens (including phenoxy) is 1. The lowest BCUT2D eigenvalue weighted by Crippen LogP contribution is -2.41. The fourth-order valence-electron chi connectivity index (χ4n) is 2.38. The average Bonchev–Trinajstić information content (AvgIpc) is 2.92. The molecule has 1 saturated heterocycles. The van der Waals surface area contributed by atoms with Crippen LogP contribution in [-0.4, -0.2) is 36.1 Å². The molecule has 6 heteroatoms. The quantitative estimate of drug-likeness (QED) is 0.842. The highest BCUT2D eigenvalue weighted by molar-refractivity contribution is 5.90. The van der Waals surface area contributed by atoms with Crippen molar-refractivity contribution in [3.05, 3.63) is 23.2 Å². The van der Waals surface area contributed by atoms with E-state index < -0.39 is 12.0 Å². The molecule has 1 aromatic heterocycles. The highest BCUT2D eigenvalue weighted by Gasteiger charge is 2.28. The molecule has 1 aliphatic heterocycles. The molecule has 1 atom stereocenters. The first-order chi connectivity index (χ1) is 8.99. The summed E-state index contributed by atoms with van der Waals surface area (Å²) in [7, 11) is 0. The van der Waals surface area contributed by atoms with Gasteiger partial charge in [-0.3, -0.25) is 0 Å². The van der Waals surface area contributed by atoms with Crippen LogP contribution in [0.3, 0.4) is 0 Å². The minimum absolute atomic E-state index is 0.116. The Bertz CT molecular complexity index is 495. The second-order valence-corrected chi connectivity index (χ2v) is 4.75. The largest absolute Gasteiger partial charge is 0.466 e. The third kappa shape index (κ3) is 2.89. The molecule has 2 rings (SSSR count). The predicted molar refractivity (Wildman–Crippen MR) is 67.8 cm³/mol. The van der Waals surface area contributed by atoms with Gasteiger partial charge in [-0.2, -0.15) is 0 Å². The van der Waals surface area contributed by atoms with Crippen molar-refractivity contribution in [2.75, 3.05) is 13.2 Å². The number of rotatable bonds is 3. The number of carbonyl (C=O) groups excluding carboxylic acids is 2. The molecule has 0 spiro atoms. The molecule has 0 bridgehead atoms. The number of esters is 1. The van der Waals surface area contributed by atoms with Gasteiger partial charge in [-0.05, 0) is 32.8 Å². The third-order valence-electron chi connectivity index (χ3n) is 3.33. The average molecular weight is 266 g/mol. The first-order valence-corrected chi connectivity index (χ1v) is 6.29. The van der Waals surface area contributed by atoms with E-state index in [1.54, 1.807) is 24.8 Å². The van der Waals surface area contributed by atoms with Gasteiger partial charge in [0.05, 0.1) is 6.04 Å². The van der Waals surface area contributed by atoms with Crippen LogP contribution < -0.4 is 5.73 Å². The van der Waals surface area contributed by atoms with Crippen LogP contribution in [-0.2, 0) is 4.74 Å². The standard InChI is InChI=1S/C13H18N2O4/c1-8-6-11(9(2)19-8)12(16)18-7-10-4-3-5-15(10)13(14)17/h6,10H,3-5,7H2,1-2H3,(H2,14,17)/t10-/m1/s1. The Morgan fingerprint density at radius 2 is 2.26 bits per heavy atom. The number of primary amides is 1. The maximum atomic E-state index is 11.9. The number of amides is 2. The van der Waals surface area contributed by atoms with E-state index in [1.165, 1.54) is 0 Å².